The van der Waals surface area contributed by atoms with Crippen LogP contribution in [0.15, 0.2) is 98.5 Å². The van der Waals surface area contributed by atoms with Crippen molar-refractivity contribution in [2.24, 2.45) is 17.0 Å². The first-order chi connectivity index (χ1) is 27.9. The maximum Gasteiger partial charge on any atom is 0.433 e. The molecule has 0 saturated heterocycles. The van der Waals surface area contributed by atoms with E-state index in [1.54, 1.807) is 49.3 Å². The number of hydrogen-bond acceptors (Lipinski definition) is 11. The molecule has 9 rings (SSSR count). The van der Waals surface area contributed by atoms with Crippen LogP contribution in [-0.2, 0) is 23.1 Å². The van der Waals surface area contributed by atoms with Crippen molar-refractivity contribution in [1.29, 1.82) is 0 Å². The Hall–Kier alpha value is -5.43. The predicted molar refractivity (Wildman–Crippen MR) is 216 cm³/mol. The summed E-state index contributed by atoms with van der Waals surface area (Å²) in [4.78, 5) is 23.7. The standard InChI is InChI=1S/C20H17F3N4S.C18H14F3N5O2S.C2H6/c1-3-28-16-13-7-5-4-6-12(13)9-24-15(16)17-26-18-8-14(20(21,22)23)25-11-19(18,10-18)27(17)2;1-3-29(27,28)16-10-6-4-5-7-11(10)24-25-15(16)17-23-12-8-14(18(19,20)21)22-9-13(12)26(17)2;1-2/h4-9,11H,3,10H2,1-2H3;4-9H,3H2,1-2H3;1-2H3. The molecular formula is C40H37F6N9O2S2. The Balaban J connectivity index is 0.000000172. The van der Waals surface area contributed by atoms with E-state index < -0.39 is 44.7 Å². The van der Waals surface area contributed by atoms with Crippen LogP contribution in [0.3, 0.4) is 0 Å². The summed E-state index contributed by atoms with van der Waals surface area (Å²) in [6.45, 7) is 7.57. The highest BCUT2D eigenvalue weighted by Gasteiger charge is 2.75. The molecule has 19 heteroatoms. The molecule has 0 spiro atoms. The van der Waals surface area contributed by atoms with Gasteiger partial charge in [-0.3, -0.25) is 15.0 Å². The Kier molecular flexibility index (Phi) is 10.6. The van der Waals surface area contributed by atoms with Crippen molar-refractivity contribution in [2.45, 2.75) is 67.3 Å². The number of allylic oxidation sites excluding steroid dienone is 1. The molecule has 59 heavy (non-hydrogen) atoms. The molecule has 1 saturated carbocycles. The van der Waals surface area contributed by atoms with Crippen LogP contribution in [0.25, 0.3) is 44.2 Å². The van der Waals surface area contributed by atoms with Gasteiger partial charge in [-0.05, 0) is 29.3 Å². The van der Waals surface area contributed by atoms with Crippen molar-refractivity contribution in [2.75, 3.05) is 18.6 Å². The van der Waals surface area contributed by atoms with E-state index in [0.29, 0.717) is 28.7 Å². The number of rotatable bonds is 6. The SMILES string of the molecule is CC.CCS(=O)(=O)c1c(-c2nc3cc(C(F)(F)F)ncc3n2C)nnc2ccccc12.CCSc1c(C2=NC34C=C(C(F)(F)F)N=CC3(C4)N2C)ncc2ccccc12. The fourth-order valence-electron chi connectivity index (χ4n) is 7.30. The Morgan fingerprint density at radius 2 is 1.54 bits per heavy atom. The number of sulfone groups is 1. The number of fused-ring (bicyclic) bond motifs is 3. The number of halogens is 6. The lowest BCUT2D eigenvalue weighted by Crippen LogP contribution is -2.42. The van der Waals surface area contributed by atoms with E-state index in [-0.39, 0.29) is 27.7 Å². The Bertz CT molecular complexity index is 2840. The van der Waals surface area contributed by atoms with Gasteiger partial charge in [0.05, 0.1) is 28.5 Å². The summed E-state index contributed by atoms with van der Waals surface area (Å²) in [6.07, 6.45) is -3.13. The molecule has 4 aromatic heterocycles. The molecule has 6 aromatic rings. The minimum Gasteiger partial charge on any atom is -0.345 e. The number of alkyl halides is 6. The minimum absolute atomic E-state index is 0.0159. The number of imidazole rings is 1. The molecule has 0 bridgehead atoms. The molecule has 2 atom stereocenters. The molecular weight excluding hydrogens is 817 g/mol. The maximum atomic E-state index is 13.2. The number of aryl methyl sites for hydroxylation is 1. The zero-order valence-corrected chi connectivity index (χ0v) is 34.2. The number of pyridine rings is 2. The molecule has 2 aliphatic heterocycles. The van der Waals surface area contributed by atoms with Crippen LogP contribution in [-0.4, -0.2) is 90.9 Å². The van der Waals surface area contributed by atoms with E-state index in [0.717, 1.165) is 39.4 Å². The number of thioether (sulfide) groups is 1. The van der Waals surface area contributed by atoms with Crippen LogP contribution in [0.1, 0.15) is 45.5 Å². The number of hydrogen-bond donors (Lipinski definition) is 0. The predicted octanol–water partition coefficient (Wildman–Crippen LogP) is 8.87. The Labute approximate surface area is 339 Å². The zero-order chi connectivity index (χ0) is 42.7. The van der Waals surface area contributed by atoms with Crippen LogP contribution >= 0.6 is 11.8 Å². The number of aromatic nitrogens is 6. The van der Waals surface area contributed by atoms with Gasteiger partial charge in [0, 0.05) is 48.6 Å². The highest BCUT2D eigenvalue weighted by molar-refractivity contribution is 7.99. The lowest BCUT2D eigenvalue weighted by molar-refractivity contribution is -0.141. The van der Waals surface area contributed by atoms with Crippen LogP contribution in [0, 0.1) is 0 Å². The third-order valence-corrected chi connectivity index (χ3v) is 13.1. The molecule has 3 aliphatic rings. The van der Waals surface area contributed by atoms with Gasteiger partial charge in [-0.2, -0.15) is 26.3 Å². The van der Waals surface area contributed by atoms with E-state index in [2.05, 4.69) is 37.1 Å². The van der Waals surface area contributed by atoms with Gasteiger partial charge in [-0.15, -0.1) is 22.0 Å². The second-order valence-electron chi connectivity index (χ2n) is 13.6. The Morgan fingerprint density at radius 1 is 0.847 bits per heavy atom. The number of aliphatic imine (C=N–C) groups is 2. The quantitative estimate of drug-likeness (QED) is 0.119. The lowest BCUT2D eigenvalue weighted by atomic mass is 10.1. The molecule has 0 amide bonds. The highest BCUT2D eigenvalue weighted by atomic mass is 32.2. The minimum atomic E-state index is -4.62. The smallest absolute Gasteiger partial charge is 0.345 e. The fraction of sp³-hybridized carbons (Fsp3) is 0.325. The zero-order valence-electron chi connectivity index (χ0n) is 32.6. The fourth-order valence-corrected chi connectivity index (χ4v) is 9.43. The third-order valence-electron chi connectivity index (χ3n) is 10.3. The van der Waals surface area contributed by atoms with Crippen molar-refractivity contribution >= 4 is 66.4 Å². The Morgan fingerprint density at radius 3 is 2.22 bits per heavy atom. The van der Waals surface area contributed by atoms with Crippen LogP contribution in [0.4, 0.5) is 26.3 Å². The number of benzene rings is 2. The summed E-state index contributed by atoms with van der Waals surface area (Å²) in [7, 11) is -0.322. The maximum absolute atomic E-state index is 13.2. The van der Waals surface area contributed by atoms with E-state index >= 15 is 0 Å². The molecule has 1 aliphatic carbocycles. The number of nitrogens with zero attached hydrogens (tertiary/aromatic N) is 9. The van der Waals surface area contributed by atoms with Gasteiger partial charge < -0.3 is 9.47 Å². The van der Waals surface area contributed by atoms with Gasteiger partial charge in [0.2, 0.25) is 0 Å². The number of amidine groups is 1. The number of likely N-dealkylation sites (N-methyl/N-ethyl adjacent to an activating group) is 1. The molecule has 1 fully saturated rings. The van der Waals surface area contributed by atoms with E-state index in [4.69, 9.17) is 4.99 Å². The summed E-state index contributed by atoms with van der Waals surface area (Å²) in [5, 5.41) is 10.6. The van der Waals surface area contributed by atoms with Crippen molar-refractivity contribution in [3.63, 3.8) is 0 Å². The monoisotopic (exact) mass is 853 g/mol. The molecule has 11 nitrogen and oxygen atoms in total. The van der Waals surface area contributed by atoms with Gasteiger partial charge in [-0.25, -0.2) is 18.4 Å². The topological polar surface area (TPSA) is 131 Å². The van der Waals surface area contributed by atoms with E-state index in [1.165, 1.54) is 23.8 Å². The van der Waals surface area contributed by atoms with Gasteiger partial charge in [-0.1, -0.05) is 70.2 Å². The van der Waals surface area contributed by atoms with Crippen molar-refractivity contribution in [1.82, 2.24) is 34.6 Å². The van der Waals surface area contributed by atoms with E-state index in [9.17, 15) is 34.8 Å². The molecule has 6 heterocycles. The summed E-state index contributed by atoms with van der Waals surface area (Å²) in [6, 6.07) is 15.4. The van der Waals surface area contributed by atoms with Gasteiger partial charge in [0.1, 0.15) is 38.8 Å². The largest absolute Gasteiger partial charge is 0.433 e. The first kappa shape index (κ1) is 41.7. The molecule has 2 aromatic carbocycles. The van der Waals surface area contributed by atoms with Crippen molar-refractivity contribution in [3.8, 4) is 11.5 Å². The van der Waals surface area contributed by atoms with Crippen LogP contribution < -0.4 is 0 Å². The van der Waals surface area contributed by atoms with Crippen molar-refractivity contribution < 1.29 is 34.8 Å². The molecule has 0 radical (unpaired) electrons. The summed E-state index contributed by atoms with van der Waals surface area (Å²) >= 11 is 1.67. The normalized spacial score (nSPS) is 19.7. The third kappa shape index (κ3) is 7.00. The van der Waals surface area contributed by atoms with Crippen molar-refractivity contribution in [3.05, 3.63) is 90.2 Å². The highest BCUT2D eigenvalue weighted by Crippen LogP contribution is 2.62. The lowest BCUT2D eigenvalue weighted by Gasteiger charge is -2.26. The summed E-state index contributed by atoms with van der Waals surface area (Å²) in [5.74, 6) is 1.39. The average Bonchev–Trinajstić information content (AvgIpc) is 3.70. The second-order valence-corrected chi connectivity index (χ2v) is 17.1. The van der Waals surface area contributed by atoms with E-state index in [1.807, 2.05) is 50.1 Å². The van der Waals surface area contributed by atoms with Crippen LogP contribution in [0.2, 0.25) is 0 Å². The molecule has 2 unspecified atom stereocenters. The molecule has 0 N–H and O–H groups in total. The summed E-state index contributed by atoms with van der Waals surface area (Å²) < 4.78 is 106. The summed E-state index contributed by atoms with van der Waals surface area (Å²) in [5.41, 5.74) is -2.03. The first-order valence-corrected chi connectivity index (χ1v) is 21.2. The van der Waals surface area contributed by atoms with Gasteiger partial charge in [0.25, 0.3) is 0 Å². The van der Waals surface area contributed by atoms with Crippen LogP contribution in [0.5, 0.6) is 0 Å². The first-order valence-electron chi connectivity index (χ1n) is 18.5. The second kappa shape index (κ2) is 15.0. The van der Waals surface area contributed by atoms with Gasteiger partial charge in [0.15, 0.2) is 21.5 Å². The average molecular weight is 854 g/mol. The molecule has 308 valence electrons. The van der Waals surface area contributed by atoms with Gasteiger partial charge >= 0.3 is 12.4 Å².